The Morgan fingerprint density at radius 1 is 1.03 bits per heavy atom. The molecule has 0 saturated carbocycles. The molecular weight excluding hydrogens is 432 g/mol. The fourth-order valence-electron chi connectivity index (χ4n) is 3.97. The van der Waals surface area contributed by atoms with E-state index in [-0.39, 0.29) is 11.8 Å². The molecule has 0 spiro atoms. The van der Waals surface area contributed by atoms with Gasteiger partial charge in [0.1, 0.15) is 5.82 Å². The molecule has 2 aromatic heterocycles. The number of thiophene rings is 1. The van der Waals surface area contributed by atoms with Crippen LogP contribution in [0.2, 0.25) is 0 Å². The molecule has 7 heteroatoms. The molecule has 0 unspecified atom stereocenters. The largest absolute Gasteiger partial charge is 0.352 e. The topological polar surface area (TPSA) is 67.2 Å². The number of nitrogens with zero attached hydrogens (tertiary/aromatic N) is 3. The van der Waals surface area contributed by atoms with E-state index in [9.17, 15) is 9.59 Å². The summed E-state index contributed by atoms with van der Waals surface area (Å²) >= 11 is 1.69. The van der Waals surface area contributed by atoms with Crippen LogP contribution in [0.1, 0.15) is 27.2 Å². The minimum absolute atomic E-state index is 0.0809. The summed E-state index contributed by atoms with van der Waals surface area (Å²) in [6.07, 6.45) is 1.25. The van der Waals surface area contributed by atoms with Gasteiger partial charge in [-0.3, -0.25) is 14.5 Å². The van der Waals surface area contributed by atoms with Gasteiger partial charge in [0.15, 0.2) is 0 Å². The molecule has 5 rings (SSSR count). The van der Waals surface area contributed by atoms with Gasteiger partial charge >= 0.3 is 0 Å². The number of amides is 2. The second kappa shape index (κ2) is 9.42. The fourth-order valence-corrected chi connectivity index (χ4v) is 4.68. The molecule has 0 fully saturated rings. The lowest BCUT2D eigenvalue weighted by molar-refractivity contribution is -0.119. The molecule has 0 radical (unpaired) electrons. The number of hydrogen-bond acceptors (Lipinski definition) is 4. The highest BCUT2D eigenvalue weighted by molar-refractivity contribution is 7.09. The quantitative estimate of drug-likeness (QED) is 0.445. The summed E-state index contributed by atoms with van der Waals surface area (Å²) in [5.41, 5.74) is 3.47. The first-order chi connectivity index (χ1) is 16.2. The average molecular weight is 457 g/mol. The van der Waals surface area contributed by atoms with Crippen molar-refractivity contribution >= 4 is 29.0 Å². The lowest BCUT2D eigenvalue weighted by Crippen LogP contribution is -2.36. The van der Waals surface area contributed by atoms with Crippen LogP contribution in [0.15, 0.2) is 78.2 Å². The van der Waals surface area contributed by atoms with E-state index in [1.54, 1.807) is 16.2 Å². The summed E-state index contributed by atoms with van der Waals surface area (Å²) in [5.74, 6) is 0.802. The minimum atomic E-state index is -0.0854. The van der Waals surface area contributed by atoms with Crippen LogP contribution in [0.25, 0.3) is 11.3 Å². The van der Waals surface area contributed by atoms with Gasteiger partial charge < -0.3 is 5.32 Å². The van der Waals surface area contributed by atoms with Gasteiger partial charge in [0, 0.05) is 35.0 Å². The van der Waals surface area contributed by atoms with Crippen LogP contribution in [-0.2, 0) is 24.3 Å². The standard InChI is InChI=1S/C26H24N4O2S/c31-25-13-15-30-24(17-23(28-30)20-5-2-1-3-6-20)29(25)18-19-8-10-21(11-9-19)26(32)27-14-12-22-7-4-16-33-22/h1-11,16-17H,12-15,18H2,(H,27,32). The summed E-state index contributed by atoms with van der Waals surface area (Å²) in [6, 6.07) is 23.5. The molecular formula is C26H24N4O2S. The van der Waals surface area contributed by atoms with Crippen molar-refractivity contribution in [2.24, 2.45) is 0 Å². The van der Waals surface area contributed by atoms with Crippen LogP contribution >= 0.6 is 11.3 Å². The van der Waals surface area contributed by atoms with Crippen molar-refractivity contribution in [2.45, 2.75) is 25.9 Å². The number of aryl methyl sites for hydroxylation is 1. The number of carbonyl (C=O) groups is 2. The summed E-state index contributed by atoms with van der Waals surface area (Å²) < 4.78 is 1.90. The monoisotopic (exact) mass is 456 g/mol. The number of rotatable bonds is 7. The van der Waals surface area contributed by atoms with Gasteiger partial charge in [0.05, 0.1) is 18.8 Å². The van der Waals surface area contributed by atoms with Crippen LogP contribution in [0.4, 0.5) is 5.82 Å². The normalized spacial score (nSPS) is 13.1. The van der Waals surface area contributed by atoms with E-state index in [0.717, 1.165) is 29.1 Å². The molecule has 2 aromatic carbocycles. The first kappa shape index (κ1) is 21.2. The van der Waals surface area contributed by atoms with Crippen LogP contribution < -0.4 is 10.2 Å². The van der Waals surface area contributed by atoms with E-state index in [0.29, 0.717) is 31.6 Å². The lowest BCUT2D eigenvalue weighted by atomic mass is 10.1. The maximum Gasteiger partial charge on any atom is 0.251 e. The lowest BCUT2D eigenvalue weighted by Gasteiger charge is -2.27. The third-order valence-electron chi connectivity index (χ3n) is 5.74. The minimum Gasteiger partial charge on any atom is -0.352 e. The van der Waals surface area contributed by atoms with Gasteiger partial charge in [-0.05, 0) is 35.6 Å². The molecule has 4 aromatic rings. The highest BCUT2D eigenvalue weighted by Crippen LogP contribution is 2.29. The molecule has 1 aliphatic heterocycles. The fraction of sp³-hybridized carbons (Fsp3) is 0.192. The van der Waals surface area contributed by atoms with Crippen LogP contribution in [0, 0.1) is 0 Å². The first-order valence-corrected chi connectivity index (χ1v) is 11.9. The van der Waals surface area contributed by atoms with E-state index < -0.39 is 0 Å². The van der Waals surface area contributed by atoms with Gasteiger partial charge in [0.2, 0.25) is 5.91 Å². The Labute approximate surface area is 196 Å². The summed E-state index contributed by atoms with van der Waals surface area (Å²) in [6.45, 7) is 1.64. The van der Waals surface area contributed by atoms with Gasteiger partial charge in [-0.2, -0.15) is 5.10 Å². The van der Waals surface area contributed by atoms with Crippen LogP contribution in [-0.4, -0.2) is 28.1 Å². The van der Waals surface area contributed by atoms with Gasteiger partial charge in [-0.1, -0.05) is 48.5 Å². The van der Waals surface area contributed by atoms with Crippen molar-refractivity contribution in [3.05, 3.63) is 94.2 Å². The van der Waals surface area contributed by atoms with E-state index in [1.165, 1.54) is 4.88 Å². The van der Waals surface area contributed by atoms with Crippen molar-refractivity contribution in [3.63, 3.8) is 0 Å². The van der Waals surface area contributed by atoms with Gasteiger partial charge in [-0.15, -0.1) is 11.3 Å². The number of carbonyl (C=O) groups excluding carboxylic acids is 2. The van der Waals surface area contributed by atoms with Crippen molar-refractivity contribution in [3.8, 4) is 11.3 Å². The van der Waals surface area contributed by atoms with Gasteiger partial charge in [-0.25, -0.2) is 4.68 Å². The Morgan fingerprint density at radius 3 is 2.61 bits per heavy atom. The van der Waals surface area contributed by atoms with Crippen LogP contribution in [0.3, 0.4) is 0 Å². The number of hydrogen-bond donors (Lipinski definition) is 1. The summed E-state index contributed by atoms with van der Waals surface area (Å²) in [7, 11) is 0. The smallest absolute Gasteiger partial charge is 0.251 e. The maximum absolute atomic E-state index is 12.7. The first-order valence-electron chi connectivity index (χ1n) is 11.0. The molecule has 2 amide bonds. The third kappa shape index (κ3) is 4.73. The Hall–Kier alpha value is -3.71. The number of benzene rings is 2. The Bertz CT molecular complexity index is 1250. The van der Waals surface area contributed by atoms with E-state index in [4.69, 9.17) is 5.10 Å². The van der Waals surface area contributed by atoms with Crippen molar-refractivity contribution in [1.29, 1.82) is 0 Å². The average Bonchev–Trinajstić information content (AvgIpc) is 3.52. The summed E-state index contributed by atoms with van der Waals surface area (Å²) in [4.78, 5) is 28.2. The molecule has 3 heterocycles. The molecule has 1 N–H and O–H groups in total. The van der Waals surface area contributed by atoms with E-state index in [1.807, 2.05) is 76.8 Å². The predicted octanol–water partition coefficient (Wildman–Crippen LogP) is 4.52. The van der Waals surface area contributed by atoms with Crippen molar-refractivity contribution < 1.29 is 9.59 Å². The Kier molecular flexibility index (Phi) is 6.04. The van der Waals surface area contributed by atoms with Crippen molar-refractivity contribution in [2.75, 3.05) is 11.4 Å². The molecule has 166 valence electrons. The Balaban J connectivity index is 1.26. The number of anilines is 1. The highest BCUT2D eigenvalue weighted by atomic mass is 32.1. The zero-order valence-corrected chi connectivity index (χ0v) is 18.9. The van der Waals surface area contributed by atoms with Gasteiger partial charge in [0.25, 0.3) is 5.91 Å². The van der Waals surface area contributed by atoms with E-state index >= 15 is 0 Å². The number of aromatic nitrogens is 2. The maximum atomic E-state index is 12.7. The zero-order chi connectivity index (χ0) is 22.6. The number of fused-ring (bicyclic) bond motifs is 1. The van der Waals surface area contributed by atoms with Crippen LogP contribution in [0.5, 0.6) is 0 Å². The SMILES string of the molecule is O=C(NCCc1cccs1)c1ccc(CN2C(=O)CCn3nc(-c4ccccc4)cc32)cc1. The highest BCUT2D eigenvalue weighted by Gasteiger charge is 2.26. The molecule has 1 aliphatic rings. The third-order valence-corrected chi connectivity index (χ3v) is 6.67. The summed E-state index contributed by atoms with van der Waals surface area (Å²) in [5, 5.41) is 9.71. The second-order valence-electron chi connectivity index (χ2n) is 7.99. The molecule has 0 bridgehead atoms. The molecule has 0 atom stereocenters. The molecule has 6 nitrogen and oxygen atoms in total. The molecule has 0 aliphatic carbocycles. The molecule has 33 heavy (non-hydrogen) atoms. The predicted molar refractivity (Wildman–Crippen MR) is 130 cm³/mol. The van der Waals surface area contributed by atoms with Crippen molar-refractivity contribution in [1.82, 2.24) is 15.1 Å². The zero-order valence-electron chi connectivity index (χ0n) is 18.1. The second-order valence-corrected chi connectivity index (χ2v) is 9.02. The Morgan fingerprint density at radius 2 is 1.85 bits per heavy atom. The van der Waals surface area contributed by atoms with E-state index in [2.05, 4.69) is 11.4 Å². The number of nitrogens with one attached hydrogen (secondary N) is 1. The molecule has 0 saturated heterocycles.